The van der Waals surface area contributed by atoms with Gasteiger partial charge < -0.3 is 24.8 Å². The average molecular weight is 274 g/mol. The SMILES string of the molecule is CCC/C=C/CCCO[C@H]1[C@@H]([C@@H](O)CO)OC[C@H]1O. The first-order valence-electron chi connectivity index (χ1n) is 7.05. The summed E-state index contributed by atoms with van der Waals surface area (Å²) in [5.41, 5.74) is 0. The van der Waals surface area contributed by atoms with Crippen LogP contribution < -0.4 is 0 Å². The zero-order valence-electron chi connectivity index (χ0n) is 11.6. The zero-order valence-corrected chi connectivity index (χ0v) is 11.6. The minimum atomic E-state index is -1.01. The molecule has 1 heterocycles. The molecule has 112 valence electrons. The van der Waals surface area contributed by atoms with Crippen molar-refractivity contribution in [1.29, 1.82) is 0 Å². The van der Waals surface area contributed by atoms with E-state index < -0.39 is 31.0 Å². The number of allylic oxidation sites excluding steroid dienone is 2. The molecule has 0 unspecified atom stereocenters. The molecule has 19 heavy (non-hydrogen) atoms. The minimum absolute atomic E-state index is 0.142. The van der Waals surface area contributed by atoms with Crippen LogP contribution in [0.15, 0.2) is 12.2 Å². The number of ether oxygens (including phenoxy) is 2. The van der Waals surface area contributed by atoms with Crippen molar-refractivity contribution in [3.05, 3.63) is 12.2 Å². The molecule has 4 atom stereocenters. The summed E-state index contributed by atoms with van der Waals surface area (Å²) in [6, 6.07) is 0. The Morgan fingerprint density at radius 3 is 2.79 bits per heavy atom. The van der Waals surface area contributed by atoms with E-state index in [1.165, 1.54) is 0 Å². The summed E-state index contributed by atoms with van der Waals surface area (Å²) >= 11 is 0. The van der Waals surface area contributed by atoms with Crippen molar-refractivity contribution in [1.82, 2.24) is 0 Å². The van der Waals surface area contributed by atoms with E-state index in [1.807, 2.05) is 0 Å². The van der Waals surface area contributed by atoms with Gasteiger partial charge in [0.2, 0.25) is 0 Å². The van der Waals surface area contributed by atoms with Gasteiger partial charge in [0.1, 0.15) is 24.4 Å². The molecule has 0 saturated carbocycles. The van der Waals surface area contributed by atoms with Crippen molar-refractivity contribution in [2.75, 3.05) is 19.8 Å². The normalized spacial score (nSPS) is 29.2. The summed E-state index contributed by atoms with van der Waals surface area (Å²) in [4.78, 5) is 0. The third-order valence-electron chi connectivity index (χ3n) is 3.18. The van der Waals surface area contributed by atoms with E-state index in [0.29, 0.717) is 6.61 Å². The lowest BCUT2D eigenvalue weighted by Crippen LogP contribution is -2.42. The number of hydrogen-bond donors (Lipinski definition) is 3. The Morgan fingerprint density at radius 1 is 1.37 bits per heavy atom. The molecule has 1 rings (SSSR count). The fourth-order valence-corrected chi connectivity index (χ4v) is 2.08. The second-order valence-corrected chi connectivity index (χ2v) is 4.85. The van der Waals surface area contributed by atoms with Crippen LogP contribution >= 0.6 is 0 Å². The van der Waals surface area contributed by atoms with Crippen LogP contribution in [0.25, 0.3) is 0 Å². The zero-order chi connectivity index (χ0) is 14.1. The van der Waals surface area contributed by atoms with E-state index in [2.05, 4.69) is 19.1 Å². The van der Waals surface area contributed by atoms with Gasteiger partial charge in [-0.1, -0.05) is 25.5 Å². The van der Waals surface area contributed by atoms with Gasteiger partial charge >= 0.3 is 0 Å². The molecule has 1 fully saturated rings. The predicted octanol–water partition coefficient (Wildman–Crippen LogP) is 0.621. The molecule has 1 aliphatic rings. The van der Waals surface area contributed by atoms with Crippen LogP contribution in [0.1, 0.15) is 32.6 Å². The number of aliphatic hydroxyl groups excluding tert-OH is 3. The first kappa shape index (κ1) is 16.6. The number of hydrogen-bond acceptors (Lipinski definition) is 5. The first-order chi connectivity index (χ1) is 9.20. The van der Waals surface area contributed by atoms with E-state index in [9.17, 15) is 10.2 Å². The third-order valence-corrected chi connectivity index (χ3v) is 3.18. The topological polar surface area (TPSA) is 79.2 Å². The molecule has 3 N–H and O–H groups in total. The van der Waals surface area contributed by atoms with Crippen molar-refractivity contribution < 1.29 is 24.8 Å². The van der Waals surface area contributed by atoms with Crippen LogP contribution in [0.4, 0.5) is 0 Å². The van der Waals surface area contributed by atoms with Crippen LogP contribution in [0.3, 0.4) is 0 Å². The van der Waals surface area contributed by atoms with Crippen LogP contribution in [-0.4, -0.2) is 59.6 Å². The Morgan fingerprint density at radius 2 is 2.11 bits per heavy atom. The summed E-state index contributed by atoms with van der Waals surface area (Å²) < 4.78 is 10.8. The highest BCUT2D eigenvalue weighted by Gasteiger charge is 2.40. The van der Waals surface area contributed by atoms with Gasteiger partial charge in [0.15, 0.2) is 0 Å². The molecule has 0 aromatic rings. The van der Waals surface area contributed by atoms with Crippen molar-refractivity contribution in [3.63, 3.8) is 0 Å². The van der Waals surface area contributed by atoms with Crippen LogP contribution in [-0.2, 0) is 9.47 Å². The van der Waals surface area contributed by atoms with Gasteiger partial charge in [-0.15, -0.1) is 0 Å². The molecule has 5 nitrogen and oxygen atoms in total. The van der Waals surface area contributed by atoms with Gasteiger partial charge in [-0.25, -0.2) is 0 Å². The molecule has 0 radical (unpaired) electrons. The van der Waals surface area contributed by atoms with E-state index in [1.54, 1.807) is 0 Å². The van der Waals surface area contributed by atoms with Crippen molar-refractivity contribution in [2.24, 2.45) is 0 Å². The highest BCUT2D eigenvalue weighted by molar-refractivity contribution is 4.89. The Labute approximate surface area is 114 Å². The average Bonchev–Trinajstić information content (AvgIpc) is 2.78. The van der Waals surface area contributed by atoms with E-state index >= 15 is 0 Å². The van der Waals surface area contributed by atoms with Gasteiger partial charge in [-0.3, -0.25) is 0 Å². The van der Waals surface area contributed by atoms with Gasteiger partial charge in [0, 0.05) is 6.61 Å². The van der Waals surface area contributed by atoms with E-state index in [4.69, 9.17) is 14.6 Å². The quantitative estimate of drug-likeness (QED) is 0.424. The Hall–Kier alpha value is -0.460. The minimum Gasteiger partial charge on any atom is -0.394 e. The molecule has 0 aliphatic carbocycles. The fraction of sp³-hybridized carbons (Fsp3) is 0.857. The summed E-state index contributed by atoms with van der Waals surface area (Å²) in [7, 11) is 0. The molecular weight excluding hydrogens is 248 g/mol. The second-order valence-electron chi connectivity index (χ2n) is 4.85. The Kier molecular flexibility index (Phi) is 8.25. The second kappa shape index (κ2) is 9.44. The standard InChI is InChI=1S/C14H26O5/c1-2-3-4-5-6-7-8-18-14-12(17)10-19-13(14)11(16)9-15/h4-5,11-17H,2-3,6-10H2,1H3/b5-4+/t11-,12+,13+,14+/m0/s1. The van der Waals surface area contributed by atoms with Gasteiger partial charge in [-0.2, -0.15) is 0 Å². The summed E-state index contributed by atoms with van der Waals surface area (Å²) in [6.07, 6.45) is 5.41. The molecular formula is C14H26O5. The molecule has 0 aromatic heterocycles. The maximum atomic E-state index is 9.72. The lowest BCUT2D eigenvalue weighted by molar-refractivity contribution is -0.0935. The molecule has 1 aliphatic heterocycles. The maximum absolute atomic E-state index is 9.72. The highest BCUT2D eigenvalue weighted by atomic mass is 16.6. The number of unbranched alkanes of at least 4 members (excludes halogenated alkanes) is 2. The van der Waals surface area contributed by atoms with Crippen molar-refractivity contribution in [2.45, 2.75) is 57.0 Å². The Balaban J connectivity index is 2.22. The van der Waals surface area contributed by atoms with Crippen LogP contribution in [0.5, 0.6) is 0 Å². The summed E-state index contributed by atoms with van der Waals surface area (Å²) in [5.74, 6) is 0. The summed E-state index contributed by atoms with van der Waals surface area (Å²) in [5, 5.41) is 28.2. The van der Waals surface area contributed by atoms with Gasteiger partial charge in [-0.05, 0) is 19.3 Å². The Bertz CT molecular complexity index is 256. The smallest absolute Gasteiger partial charge is 0.114 e. The van der Waals surface area contributed by atoms with E-state index in [-0.39, 0.29) is 6.61 Å². The van der Waals surface area contributed by atoms with Crippen molar-refractivity contribution >= 4 is 0 Å². The number of rotatable bonds is 9. The van der Waals surface area contributed by atoms with Gasteiger partial charge in [0.05, 0.1) is 13.2 Å². The molecule has 0 aromatic carbocycles. The van der Waals surface area contributed by atoms with Crippen LogP contribution in [0.2, 0.25) is 0 Å². The molecule has 0 bridgehead atoms. The molecule has 0 amide bonds. The largest absolute Gasteiger partial charge is 0.394 e. The highest BCUT2D eigenvalue weighted by Crippen LogP contribution is 2.21. The molecule has 1 saturated heterocycles. The molecule has 0 spiro atoms. The van der Waals surface area contributed by atoms with Gasteiger partial charge in [0.25, 0.3) is 0 Å². The monoisotopic (exact) mass is 274 g/mol. The fourth-order valence-electron chi connectivity index (χ4n) is 2.08. The lowest BCUT2D eigenvalue weighted by atomic mass is 10.1. The third kappa shape index (κ3) is 5.58. The first-order valence-corrected chi connectivity index (χ1v) is 7.05. The lowest BCUT2D eigenvalue weighted by Gasteiger charge is -2.23. The maximum Gasteiger partial charge on any atom is 0.114 e. The molecule has 5 heteroatoms. The number of aliphatic hydroxyl groups is 3. The van der Waals surface area contributed by atoms with Crippen molar-refractivity contribution in [3.8, 4) is 0 Å². The van der Waals surface area contributed by atoms with Crippen LogP contribution in [0, 0.1) is 0 Å². The predicted molar refractivity (Wildman–Crippen MR) is 71.9 cm³/mol. The summed E-state index contributed by atoms with van der Waals surface area (Å²) in [6.45, 7) is 2.40. The van der Waals surface area contributed by atoms with E-state index in [0.717, 1.165) is 25.7 Å².